The van der Waals surface area contributed by atoms with Crippen LogP contribution in [0.1, 0.15) is 26.6 Å². The van der Waals surface area contributed by atoms with E-state index in [4.69, 9.17) is 4.74 Å². The van der Waals surface area contributed by atoms with Crippen molar-refractivity contribution in [1.29, 1.82) is 0 Å². The minimum absolute atomic E-state index is 0.0522. The second-order valence-electron chi connectivity index (χ2n) is 7.25. The fourth-order valence-corrected chi connectivity index (χ4v) is 3.51. The molecule has 0 saturated carbocycles. The molecule has 3 aromatic rings. The zero-order valence-corrected chi connectivity index (χ0v) is 16.9. The number of carbonyl (C=O) groups excluding carboxylic acids is 1. The van der Waals surface area contributed by atoms with Gasteiger partial charge >= 0.3 is 0 Å². The Labute approximate surface area is 167 Å². The highest BCUT2D eigenvalue weighted by atomic mass is 32.2. The number of ketones is 1. The molecular formula is C21H22FN3O2S. The number of para-hydroxylation sites is 2. The van der Waals surface area contributed by atoms with Crippen molar-refractivity contribution in [3.05, 3.63) is 66.2 Å². The van der Waals surface area contributed by atoms with E-state index in [1.807, 2.05) is 55.7 Å². The van der Waals surface area contributed by atoms with Crippen LogP contribution in [0.5, 0.6) is 5.75 Å². The lowest BCUT2D eigenvalue weighted by Gasteiger charge is -2.16. The Morgan fingerprint density at radius 1 is 1.07 bits per heavy atom. The summed E-state index contributed by atoms with van der Waals surface area (Å²) in [5.74, 6) is 0.674. The van der Waals surface area contributed by atoms with Gasteiger partial charge in [0.1, 0.15) is 12.4 Å². The summed E-state index contributed by atoms with van der Waals surface area (Å²) in [6.07, 6.45) is 0. The van der Waals surface area contributed by atoms with Gasteiger partial charge in [-0.25, -0.2) is 4.39 Å². The van der Waals surface area contributed by atoms with E-state index in [1.54, 1.807) is 18.2 Å². The van der Waals surface area contributed by atoms with E-state index >= 15 is 0 Å². The zero-order chi connectivity index (χ0) is 20.1. The lowest BCUT2D eigenvalue weighted by atomic mass is 9.92. The number of halogens is 1. The molecule has 0 unspecified atom stereocenters. The third-order valence-corrected chi connectivity index (χ3v) is 5.01. The molecule has 28 heavy (non-hydrogen) atoms. The van der Waals surface area contributed by atoms with E-state index in [9.17, 15) is 9.18 Å². The maximum atomic E-state index is 13.8. The molecule has 0 radical (unpaired) electrons. The SMILES string of the molecule is CC(C)(C)C(=O)CSc1nnc(COc2ccccc2F)n1-c1ccccc1. The van der Waals surface area contributed by atoms with E-state index in [0.29, 0.717) is 16.7 Å². The quantitative estimate of drug-likeness (QED) is 0.539. The maximum absolute atomic E-state index is 13.8. The van der Waals surface area contributed by atoms with Gasteiger partial charge in [-0.05, 0) is 24.3 Å². The molecule has 1 heterocycles. The number of ether oxygens (including phenoxy) is 1. The molecule has 146 valence electrons. The summed E-state index contributed by atoms with van der Waals surface area (Å²) in [7, 11) is 0. The number of Topliss-reactive ketones (excluding diaryl/α,β-unsaturated/α-hetero) is 1. The molecule has 0 saturated heterocycles. The molecular weight excluding hydrogens is 377 g/mol. The highest BCUT2D eigenvalue weighted by molar-refractivity contribution is 7.99. The molecule has 0 aliphatic carbocycles. The van der Waals surface area contributed by atoms with Crippen LogP contribution in [0, 0.1) is 11.2 Å². The molecule has 0 spiro atoms. The number of hydrogen-bond donors (Lipinski definition) is 0. The van der Waals surface area contributed by atoms with Crippen LogP contribution in [-0.4, -0.2) is 26.3 Å². The Hall–Kier alpha value is -2.67. The molecule has 0 bridgehead atoms. The van der Waals surface area contributed by atoms with Gasteiger partial charge in [0.2, 0.25) is 0 Å². The Bertz CT molecular complexity index is 952. The van der Waals surface area contributed by atoms with Gasteiger partial charge in [-0.1, -0.05) is 62.9 Å². The number of rotatable bonds is 7. The average Bonchev–Trinajstić information content (AvgIpc) is 3.08. The van der Waals surface area contributed by atoms with Crippen LogP contribution < -0.4 is 4.74 Å². The highest BCUT2D eigenvalue weighted by Crippen LogP contribution is 2.26. The molecule has 0 atom stereocenters. The first kappa shape index (κ1) is 20.1. The number of nitrogens with zero attached hydrogens (tertiary/aromatic N) is 3. The third-order valence-electron chi connectivity index (χ3n) is 4.08. The lowest BCUT2D eigenvalue weighted by Crippen LogP contribution is -2.22. The summed E-state index contributed by atoms with van der Waals surface area (Å²) >= 11 is 1.33. The molecule has 2 aromatic carbocycles. The standard InChI is InChI=1S/C21H22FN3O2S/c1-21(2,3)18(26)14-28-20-24-23-19(25(20)15-9-5-4-6-10-15)13-27-17-12-8-7-11-16(17)22/h4-12H,13-14H2,1-3H3. The minimum atomic E-state index is -0.432. The number of benzene rings is 2. The number of hydrogen-bond acceptors (Lipinski definition) is 5. The summed E-state index contributed by atoms with van der Waals surface area (Å²) in [4.78, 5) is 12.3. The minimum Gasteiger partial charge on any atom is -0.483 e. The fourth-order valence-electron chi connectivity index (χ4n) is 2.37. The van der Waals surface area contributed by atoms with Crippen LogP contribution in [0.2, 0.25) is 0 Å². The van der Waals surface area contributed by atoms with Crippen LogP contribution in [0.25, 0.3) is 5.69 Å². The summed E-state index contributed by atoms with van der Waals surface area (Å²) in [5.41, 5.74) is 0.437. The largest absolute Gasteiger partial charge is 0.483 e. The molecule has 0 N–H and O–H groups in total. The van der Waals surface area contributed by atoms with Crippen molar-refractivity contribution >= 4 is 17.5 Å². The van der Waals surface area contributed by atoms with Crippen molar-refractivity contribution in [2.45, 2.75) is 32.5 Å². The highest BCUT2D eigenvalue weighted by Gasteiger charge is 2.23. The summed E-state index contributed by atoms with van der Waals surface area (Å²) < 4.78 is 21.3. The van der Waals surface area contributed by atoms with Gasteiger partial charge < -0.3 is 4.74 Å². The van der Waals surface area contributed by atoms with Gasteiger partial charge in [0, 0.05) is 11.1 Å². The van der Waals surface area contributed by atoms with Crippen molar-refractivity contribution in [2.75, 3.05) is 5.75 Å². The molecule has 5 nitrogen and oxygen atoms in total. The molecule has 0 aliphatic heterocycles. The Balaban J connectivity index is 1.85. The predicted octanol–water partition coefficient (Wildman–Crippen LogP) is 4.69. The van der Waals surface area contributed by atoms with Gasteiger partial charge in [0.15, 0.2) is 22.5 Å². The number of thioether (sulfide) groups is 1. The van der Waals surface area contributed by atoms with E-state index in [-0.39, 0.29) is 18.1 Å². The first-order valence-corrected chi connectivity index (χ1v) is 9.88. The smallest absolute Gasteiger partial charge is 0.196 e. The van der Waals surface area contributed by atoms with E-state index in [2.05, 4.69) is 10.2 Å². The van der Waals surface area contributed by atoms with Gasteiger partial charge in [0.05, 0.1) is 5.75 Å². The molecule has 3 rings (SSSR count). The van der Waals surface area contributed by atoms with Crippen molar-refractivity contribution in [1.82, 2.24) is 14.8 Å². The average molecular weight is 399 g/mol. The first-order chi connectivity index (χ1) is 13.4. The topological polar surface area (TPSA) is 57.0 Å². The molecule has 0 amide bonds. The number of carbonyl (C=O) groups is 1. The van der Waals surface area contributed by atoms with Crippen LogP contribution in [0.3, 0.4) is 0 Å². The van der Waals surface area contributed by atoms with Gasteiger partial charge in [-0.2, -0.15) is 0 Å². The van der Waals surface area contributed by atoms with Crippen LogP contribution in [0.4, 0.5) is 4.39 Å². The summed E-state index contributed by atoms with van der Waals surface area (Å²) in [6.45, 7) is 5.74. The monoisotopic (exact) mass is 399 g/mol. The summed E-state index contributed by atoms with van der Waals surface area (Å²) in [5, 5.41) is 9.04. The third kappa shape index (κ3) is 4.78. The second-order valence-corrected chi connectivity index (χ2v) is 8.19. The molecule has 7 heteroatoms. The van der Waals surface area contributed by atoms with Gasteiger partial charge in [-0.15, -0.1) is 10.2 Å². The Morgan fingerprint density at radius 3 is 2.43 bits per heavy atom. The van der Waals surface area contributed by atoms with Gasteiger partial charge in [-0.3, -0.25) is 9.36 Å². The van der Waals surface area contributed by atoms with E-state index < -0.39 is 11.2 Å². The molecule has 0 aliphatic rings. The van der Waals surface area contributed by atoms with Crippen molar-refractivity contribution in [3.63, 3.8) is 0 Å². The zero-order valence-electron chi connectivity index (χ0n) is 16.1. The van der Waals surface area contributed by atoms with E-state index in [0.717, 1.165) is 5.69 Å². The Kier molecular flexibility index (Phi) is 6.14. The first-order valence-electron chi connectivity index (χ1n) is 8.89. The van der Waals surface area contributed by atoms with Crippen LogP contribution in [0.15, 0.2) is 59.8 Å². The van der Waals surface area contributed by atoms with E-state index in [1.165, 1.54) is 17.8 Å². The van der Waals surface area contributed by atoms with Gasteiger partial charge in [0.25, 0.3) is 0 Å². The van der Waals surface area contributed by atoms with Crippen LogP contribution in [-0.2, 0) is 11.4 Å². The second kappa shape index (κ2) is 8.56. The van der Waals surface area contributed by atoms with Crippen molar-refractivity contribution < 1.29 is 13.9 Å². The van der Waals surface area contributed by atoms with Crippen molar-refractivity contribution in [2.24, 2.45) is 5.41 Å². The molecule has 1 aromatic heterocycles. The number of aromatic nitrogens is 3. The predicted molar refractivity (Wildman–Crippen MR) is 107 cm³/mol. The lowest BCUT2D eigenvalue weighted by molar-refractivity contribution is -0.123. The molecule has 0 fully saturated rings. The summed E-state index contributed by atoms with van der Waals surface area (Å²) in [6, 6.07) is 15.8. The Morgan fingerprint density at radius 2 is 1.75 bits per heavy atom. The maximum Gasteiger partial charge on any atom is 0.196 e. The normalized spacial score (nSPS) is 11.4. The fraction of sp³-hybridized carbons (Fsp3) is 0.286. The van der Waals surface area contributed by atoms with Crippen molar-refractivity contribution in [3.8, 4) is 11.4 Å². The van der Waals surface area contributed by atoms with Crippen LogP contribution >= 0.6 is 11.8 Å².